The smallest absolute Gasteiger partial charge is 0.276 e. The second-order valence-corrected chi connectivity index (χ2v) is 7.08. The number of hydrogen-bond donors (Lipinski definition) is 1. The van der Waals surface area contributed by atoms with E-state index in [-0.39, 0.29) is 5.69 Å². The number of nitrogens with zero attached hydrogens (tertiary/aromatic N) is 4. The molecule has 0 bridgehead atoms. The maximum absolute atomic E-state index is 13.8. The van der Waals surface area contributed by atoms with E-state index >= 15 is 0 Å². The molecule has 1 aromatic carbocycles. The first-order valence-corrected chi connectivity index (χ1v) is 9.70. The third-order valence-corrected chi connectivity index (χ3v) is 4.80. The minimum Gasteiger partial charge on any atom is -0.473 e. The number of carbonyl (C=O) groups is 1. The van der Waals surface area contributed by atoms with E-state index in [1.54, 1.807) is 19.3 Å². The Hall–Kier alpha value is -4.14. The molecule has 0 aliphatic heterocycles. The molecule has 0 aliphatic rings. The normalized spacial score (nSPS) is 10.8. The lowest BCUT2D eigenvalue weighted by Crippen LogP contribution is -2.15. The maximum Gasteiger partial charge on any atom is 0.276 e. The van der Waals surface area contributed by atoms with Crippen molar-refractivity contribution in [1.82, 2.24) is 19.7 Å². The third kappa shape index (κ3) is 4.46. The molecule has 0 unspecified atom stereocenters. The van der Waals surface area contributed by atoms with Crippen molar-refractivity contribution in [3.05, 3.63) is 89.5 Å². The molecule has 9 heteroatoms. The van der Waals surface area contributed by atoms with Gasteiger partial charge in [0.05, 0.1) is 18.1 Å². The Bertz CT molecular complexity index is 1250. The van der Waals surface area contributed by atoms with Crippen LogP contribution >= 0.6 is 0 Å². The number of halogens is 2. The zero-order chi connectivity index (χ0) is 22.7. The SMILES string of the molecule is Cc1cc(OCc2ccccc2)ncc1-c1cc(C(=O)Nc2c(F)cncc2F)nn1C. The van der Waals surface area contributed by atoms with Crippen LogP contribution in [0.5, 0.6) is 5.88 Å². The number of benzene rings is 1. The fourth-order valence-electron chi connectivity index (χ4n) is 3.15. The molecule has 4 rings (SSSR count). The number of aromatic nitrogens is 4. The fourth-order valence-corrected chi connectivity index (χ4v) is 3.15. The summed E-state index contributed by atoms with van der Waals surface area (Å²) in [5.41, 5.74) is 2.68. The molecule has 0 atom stereocenters. The Balaban J connectivity index is 1.52. The maximum atomic E-state index is 13.8. The average molecular weight is 435 g/mol. The molecule has 0 radical (unpaired) electrons. The van der Waals surface area contributed by atoms with Crippen LogP contribution in [-0.2, 0) is 13.7 Å². The predicted octanol–water partition coefficient (Wildman–Crippen LogP) is 4.30. The topological polar surface area (TPSA) is 81.9 Å². The molecular weight excluding hydrogens is 416 g/mol. The number of rotatable bonds is 6. The lowest BCUT2D eigenvalue weighted by atomic mass is 10.1. The van der Waals surface area contributed by atoms with Gasteiger partial charge in [-0.25, -0.2) is 13.8 Å². The molecule has 3 aromatic heterocycles. The van der Waals surface area contributed by atoms with E-state index < -0.39 is 23.2 Å². The van der Waals surface area contributed by atoms with Crippen LogP contribution in [0, 0.1) is 18.6 Å². The summed E-state index contributed by atoms with van der Waals surface area (Å²) in [4.78, 5) is 20.2. The number of carbonyl (C=O) groups excluding carboxylic acids is 1. The van der Waals surface area contributed by atoms with Gasteiger partial charge in [-0.2, -0.15) is 5.10 Å². The standard InChI is InChI=1S/C23H19F2N5O2/c1-14-8-21(32-13-15-6-4-3-5-7-15)27-10-16(14)20-9-19(29-30(20)2)23(31)28-22-17(24)11-26-12-18(22)25/h3-12H,13H2,1-2H3,(H,26,28,31). The number of amides is 1. The first-order chi connectivity index (χ1) is 15.4. The number of anilines is 1. The van der Waals surface area contributed by atoms with Crippen LogP contribution in [0.3, 0.4) is 0 Å². The fraction of sp³-hybridized carbons (Fsp3) is 0.130. The van der Waals surface area contributed by atoms with Gasteiger partial charge in [0.25, 0.3) is 5.91 Å². The molecule has 0 aliphatic carbocycles. The van der Waals surface area contributed by atoms with Crippen molar-refractivity contribution in [2.75, 3.05) is 5.32 Å². The van der Waals surface area contributed by atoms with E-state index in [1.165, 1.54) is 10.7 Å². The molecule has 0 fully saturated rings. The second-order valence-electron chi connectivity index (χ2n) is 7.08. The molecule has 32 heavy (non-hydrogen) atoms. The molecule has 7 nitrogen and oxygen atoms in total. The predicted molar refractivity (Wildman–Crippen MR) is 114 cm³/mol. The zero-order valence-electron chi connectivity index (χ0n) is 17.3. The molecule has 1 amide bonds. The van der Waals surface area contributed by atoms with Crippen molar-refractivity contribution in [3.63, 3.8) is 0 Å². The summed E-state index contributed by atoms with van der Waals surface area (Å²) in [6.45, 7) is 2.28. The summed E-state index contributed by atoms with van der Waals surface area (Å²) in [6.07, 6.45) is 3.27. The van der Waals surface area contributed by atoms with E-state index in [0.29, 0.717) is 18.2 Å². The molecule has 162 valence electrons. The minimum atomic E-state index is -0.972. The zero-order valence-corrected chi connectivity index (χ0v) is 17.3. The van der Waals surface area contributed by atoms with E-state index in [9.17, 15) is 13.6 Å². The Morgan fingerprint density at radius 3 is 2.50 bits per heavy atom. The van der Waals surface area contributed by atoms with Crippen molar-refractivity contribution < 1.29 is 18.3 Å². The summed E-state index contributed by atoms with van der Waals surface area (Å²) < 4.78 is 34.8. The highest BCUT2D eigenvalue weighted by Gasteiger charge is 2.19. The van der Waals surface area contributed by atoms with Crippen molar-refractivity contribution in [3.8, 4) is 17.1 Å². The number of pyridine rings is 2. The van der Waals surface area contributed by atoms with Crippen molar-refractivity contribution in [2.24, 2.45) is 7.05 Å². The van der Waals surface area contributed by atoms with E-state index in [4.69, 9.17) is 4.74 Å². The number of aryl methyl sites for hydroxylation is 2. The van der Waals surface area contributed by atoms with Crippen LogP contribution < -0.4 is 10.1 Å². The molecule has 0 saturated carbocycles. The largest absolute Gasteiger partial charge is 0.473 e. The van der Waals surface area contributed by atoms with Gasteiger partial charge >= 0.3 is 0 Å². The minimum absolute atomic E-state index is 0.00177. The van der Waals surface area contributed by atoms with Gasteiger partial charge in [0.2, 0.25) is 5.88 Å². The highest BCUT2D eigenvalue weighted by Crippen LogP contribution is 2.26. The molecule has 0 saturated heterocycles. The van der Waals surface area contributed by atoms with Gasteiger partial charge in [0, 0.05) is 24.9 Å². The monoisotopic (exact) mass is 435 g/mol. The van der Waals surface area contributed by atoms with Crippen LogP contribution in [0.1, 0.15) is 21.6 Å². The Morgan fingerprint density at radius 1 is 1.09 bits per heavy atom. The number of nitrogens with one attached hydrogen (secondary N) is 1. The molecule has 0 spiro atoms. The highest BCUT2D eigenvalue weighted by atomic mass is 19.1. The van der Waals surface area contributed by atoms with Gasteiger partial charge < -0.3 is 10.1 Å². The summed E-state index contributed by atoms with van der Waals surface area (Å²) in [5.74, 6) is -2.22. The molecule has 3 heterocycles. The quantitative estimate of drug-likeness (QED) is 0.489. The van der Waals surface area contributed by atoms with E-state index in [0.717, 1.165) is 29.1 Å². The van der Waals surface area contributed by atoms with Gasteiger partial charge in [-0.1, -0.05) is 30.3 Å². The van der Waals surface area contributed by atoms with Crippen molar-refractivity contribution in [1.29, 1.82) is 0 Å². The summed E-state index contributed by atoms with van der Waals surface area (Å²) >= 11 is 0. The van der Waals surface area contributed by atoms with Crippen molar-refractivity contribution >= 4 is 11.6 Å². The van der Waals surface area contributed by atoms with Gasteiger partial charge in [-0.05, 0) is 24.1 Å². The highest BCUT2D eigenvalue weighted by molar-refractivity contribution is 6.03. The van der Waals surface area contributed by atoms with Crippen LogP contribution in [0.4, 0.5) is 14.5 Å². The van der Waals surface area contributed by atoms with Crippen LogP contribution in [0.2, 0.25) is 0 Å². The van der Waals surface area contributed by atoms with E-state index in [2.05, 4.69) is 20.4 Å². The average Bonchev–Trinajstić information content (AvgIpc) is 3.17. The van der Waals surface area contributed by atoms with Gasteiger partial charge in [-0.15, -0.1) is 0 Å². The Labute approximate surface area is 182 Å². The number of ether oxygens (including phenoxy) is 1. The van der Waals surface area contributed by atoms with Crippen LogP contribution in [0.15, 0.2) is 61.1 Å². The summed E-state index contributed by atoms with van der Waals surface area (Å²) in [7, 11) is 1.67. The lowest BCUT2D eigenvalue weighted by Gasteiger charge is -2.09. The van der Waals surface area contributed by atoms with Crippen LogP contribution in [0.25, 0.3) is 11.3 Å². The van der Waals surface area contributed by atoms with Gasteiger partial charge in [0.1, 0.15) is 12.3 Å². The molecule has 4 aromatic rings. The lowest BCUT2D eigenvalue weighted by molar-refractivity contribution is 0.102. The van der Waals surface area contributed by atoms with Gasteiger partial charge in [-0.3, -0.25) is 14.5 Å². The summed E-state index contributed by atoms with van der Waals surface area (Å²) in [6, 6.07) is 13.1. The van der Waals surface area contributed by atoms with Crippen molar-refractivity contribution in [2.45, 2.75) is 13.5 Å². The third-order valence-electron chi connectivity index (χ3n) is 4.80. The molecule has 1 N–H and O–H groups in total. The second kappa shape index (κ2) is 8.93. The first kappa shape index (κ1) is 21.1. The Morgan fingerprint density at radius 2 is 1.81 bits per heavy atom. The van der Waals surface area contributed by atoms with E-state index in [1.807, 2.05) is 37.3 Å². The van der Waals surface area contributed by atoms with Crippen LogP contribution in [-0.4, -0.2) is 25.7 Å². The van der Waals surface area contributed by atoms with Gasteiger partial charge in [0.15, 0.2) is 17.3 Å². The first-order valence-electron chi connectivity index (χ1n) is 9.70. The Kier molecular flexibility index (Phi) is 5.89. The number of hydrogen-bond acceptors (Lipinski definition) is 5. The summed E-state index contributed by atoms with van der Waals surface area (Å²) in [5, 5.41) is 6.37. The molecular formula is C23H19F2N5O2.